The molecular weight excluding hydrogens is 398 g/mol. The van der Waals surface area contributed by atoms with E-state index in [-0.39, 0.29) is 11.8 Å². The molecule has 2 heterocycles. The van der Waals surface area contributed by atoms with Gasteiger partial charge in [0, 0.05) is 42.0 Å². The number of hydrogen-bond donors (Lipinski definition) is 1. The molecule has 0 spiro atoms. The van der Waals surface area contributed by atoms with Gasteiger partial charge < -0.3 is 5.32 Å². The highest BCUT2D eigenvalue weighted by atomic mass is 16.2. The highest BCUT2D eigenvalue weighted by Gasteiger charge is 2.29. The third-order valence-electron chi connectivity index (χ3n) is 5.87. The van der Waals surface area contributed by atoms with Gasteiger partial charge in [0.25, 0.3) is 0 Å². The van der Waals surface area contributed by atoms with E-state index < -0.39 is 0 Å². The van der Waals surface area contributed by atoms with Crippen molar-refractivity contribution in [2.24, 2.45) is 18.0 Å². The number of aryl methyl sites for hydroxylation is 2. The van der Waals surface area contributed by atoms with E-state index in [2.05, 4.69) is 52.7 Å². The fourth-order valence-electron chi connectivity index (χ4n) is 3.81. The van der Waals surface area contributed by atoms with Crippen molar-refractivity contribution in [2.75, 3.05) is 5.32 Å². The van der Waals surface area contributed by atoms with Crippen molar-refractivity contribution >= 4 is 33.9 Å². The highest BCUT2D eigenvalue weighted by molar-refractivity contribution is 6.00. The number of amides is 1. The van der Waals surface area contributed by atoms with Gasteiger partial charge in [0.2, 0.25) is 5.91 Å². The third-order valence-corrected chi connectivity index (χ3v) is 5.87. The Bertz CT molecular complexity index is 1360. The van der Waals surface area contributed by atoms with E-state index in [1.165, 1.54) is 5.56 Å². The molecule has 0 bridgehead atoms. The average Bonchev–Trinajstić information content (AvgIpc) is 3.55. The quantitative estimate of drug-likeness (QED) is 0.435. The largest absolute Gasteiger partial charge is 0.310 e. The first-order valence-corrected chi connectivity index (χ1v) is 10.8. The van der Waals surface area contributed by atoms with Crippen LogP contribution in [0.1, 0.15) is 30.9 Å². The molecule has 1 N–H and O–H groups in total. The summed E-state index contributed by atoms with van der Waals surface area (Å²) in [6.45, 7) is 4.10. The first-order chi connectivity index (χ1) is 15.5. The van der Waals surface area contributed by atoms with Gasteiger partial charge in [-0.3, -0.25) is 14.5 Å². The number of benzene rings is 2. The van der Waals surface area contributed by atoms with Gasteiger partial charge in [-0.2, -0.15) is 5.10 Å². The molecule has 1 aliphatic rings. The molecule has 1 aliphatic carbocycles. The summed E-state index contributed by atoms with van der Waals surface area (Å²) < 4.78 is 1.78. The van der Waals surface area contributed by atoms with Gasteiger partial charge in [0.05, 0.1) is 11.9 Å². The highest BCUT2D eigenvalue weighted by Crippen LogP contribution is 2.32. The van der Waals surface area contributed by atoms with Gasteiger partial charge in [-0.25, -0.2) is 4.98 Å². The zero-order chi connectivity index (χ0) is 22.2. The standard InChI is InChI=1S/C26H25N5O/c1-16-4-9-23(29-17(2)22-14-28-31(3)15-22)12-24(16)20-8-7-19-11-25(27-13-21(19)10-20)30-26(32)18-5-6-18/h4,7-15,18H,5-6H2,1-3H3,(H,27,30,32). The lowest BCUT2D eigenvalue weighted by Gasteiger charge is -2.10. The van der Waals surface area contributed by atoms with E-state index >= 15 is 0 Å². The number of nitrogens with zero attached hydrogens (tertiary/aromatic N) is 4. The molecule has 32 heavy (non-hydrogen) atoms. The Kier molecular flexibility index (Phi) is 5.05. The maximum atomic E-state index is 12.0. The van der Waals surface area contributed by atoms with E-state index in [0.29, 0.717) is 5.82 Å². The number of carbonyl (C=O) groups is 1. The molecule has 4 aromatic rings. The Morgan fingerprint density at radius 3 is 2.69 bits per heavy atom. The Morgan fingerprint density at radius 1 is 1.09 bits per heavy atom. The fraction of sp³-hybridized carbons (Fsp3) is 0.231. The summed E-state index contributed by atoms with van der Waals surface area (Å²) >= 11 is 0. The van der Waals surface area contributed by atoms with E-state index in [1.807, 2.05) is 44.7 Å². The van der Waals surface area contributed by atoms with Gasteiger partial charge in [-0.15, -0.1) is 0 Å². The fourth-order valence-corrected chi connectivity index (χ4v) is 3.81. The summed E-state index contributed by atoms with van der Waals surface area (Å²) in [6, 6.07) is 14.5. The Labute approximate surface area is 187 Å². The Hall–Kier alpha value is -3.80. The van der Waals surface area contributed by atoms with Crippen molar-refractivity contribution < 1.29 is 4.79 Å². The van der Waals surface area contributed by atoms with Crippen LogP contribution in [0.5, 0.6) is 0 Å². The molecule has 0 atom stereocenters. The van der Waals surface area contributed by atoms with Crippen LogP contribution in [0, 0.1) is 12.8 Å². The number of rotatable bonds is 5. The minimum atomic E-state index is 0.0723. The lowest BCUT2D eigenvalue weighted by atomic mass is 9.98. The summed E-state index contributed by atoms with van der Waals surface area (Å²) in [4.78, 5) is 21.3. The number of nitrogens with one attached hydrogen (secondary N) is 1. The molecule has 0 radical (unpaired) electrons. The van der Waals surface area contributed by atoms with Crippen LogP contribution in [0.25, 0.3) is 21.9 Å². The van der Waals surface area contributed by atoms with Crippen molar-refractivity contribution in [1.82, 2.24) is 14.8 Å². The minimum absolute atomic E-state index is 0.0723. The number of anilines is 1. The maximum absolute atomic E-state index is 12.0. The topological polar surface area (TPSA) is 72.2 Å². The smallest absolute Gasteiger partial charge is 0.228 e. The molecular formula is C26H25N5O. The second kappa shape index (κ2) is 8.04. The van der Waals surface area contributed by atoms with Crippen molar-refractivity contribution in [3.05, 3.63) is 72.2 Å². The van der Waals surface area contributed by atoms with Crippen LogP contribution < -0.4 is 5.32 Å². The first-order valence-electron chi connectivity index (χ1n) is 10.8. The van der Waals surface area contributed by atoms with Crippen LogP contribution in [0.4, 0.5) is 11.5 Å². The molecule has 6 nitrogen and oxygen atoms in total. The summed E-state index contributed by atoms with van der Waals surface area (Å²) in [5.74, 6) is 0.846. The van der Waals surface area contributed by atoms with Crippen molar-refractivity contribution in [1.29, 1.82) is 0 Å². The van der Waals surface area contributed by atoms with Gasteiger partial charge in [0.1, 0.15) is 5.82 Å². The predicted octanol–water partition coefficient (Wildman–Crippen LogP) is 5.43. The SMILES string of the molecule is CC(=Nc1ccc(C)c(-c2ccc3cc(NC(=O)C4CC4)ncc3c2)c1)c1cnn(C)c1. The van der Waals surface area contributed by atoms with Crippen LogP contribution in [-0.2, 0) is 11.8 Å². The lowest BCUT2D eigenvalue weighted by Crippen LogP contribution is -2.14. The molecule has 2 aromatic heterocycles. The molecule has 5 rings (SSSR count). The number of carbonyl (C=O) groups excluding carboxylic acids is 1. The molecule has 2 aromatic carbocycles. The van der Waals surface area contributed by atoms with Crippen LogP contribution in [0.15, 0.2) is 66.0 Å². The first kappa shape index (κ1) is 20.1. The van der Waals surface area contributed by atoms with Crippen LogP contribution in [0.3, 0.4) is 0 Å². The van der Waals surface area contributed by atoms with E-state index in [1.54, 1.807) is 4.68 Å². The molecule has 1 saturated carbocycles. The number of fused-ring (bicyclic) bond motifs is 1. The van der Waals surface area contributed by atoms with E-state index in [4.69, 9.17) is 4.99 Å². The van der Waals surface area contributed by atoms with Crippen LogP contribution in [-0.4, -0.2) is 26.4 Å². The monoisotopic (exact) mass is 423 g/mol. The van der Waals surface area contributed by atoms with Crippen LogP contribution in [0.2, 0.25) is 0 Å². The minimum Gasteiger partial charge on any atom is -0.310 e. The molecule has 0 aliphatic heterocycles. The summed E-state index contributed by atoms with van der Waals surface area (Å²) in [5.41, 5.74) is 6.28. The number of hydrogen-bond acceptors (Lipinski definition) is 4. The number of aliphatic imine (C=N–C) groups is 1. The number of pyridine rings is 1. The number of aromatic nitrogens is 3. The maximum Gasteiger partial charge on any atom is 0.228 e. The molecule has 0 unspecified atom stereocenters. The molecule has 1 fully saturated rings. The molecule has 1 amide bonds. The predicted molar refractivity (Wildman–Crippen MR) is 128 cm³/mol. The summed E-state index contributed by atoms with van der Waals surface area (Å²) in [5, 5.41) is 9.23. The van der Waals surface area contributed by atoms with Crippen molar-refractivity contribution in [2.45, 2.75) is 26.7 Å². The van der Waals surface area contributed by atoms with Gasteiger partial charge in [-0.05, 0) is 73.0 Å². The van der Waals surface area contributed by atoms with Gasteiger partial charge >= 0.3 is 0 Å². The average molecular weight is 424 g/mol. The van der Waals surface area contributed by atoms with Gasteiger partial charge in [0.15, 0.2) is 0 Å². The summed E-state index contributed by atoms with van der Waals surface area (Å²) in [6.07, 6.45) is 7.57. The molecule has 6 heteroatoms. The lowest BCUT2D eigenvalue weighted by molar-refractivity contribution is -0.117. The molecule has 0 saturated heterocycles. The third kappa shape index (κ3) is 4.17. The zero-order valence-corrected chi connectivity index (χ0v) is 18.5. The zero-order valence-electron chi connectivity index (χ0n) is 18.5. The summed E-state index contributed by atoms with van der Waals surface area (Å²) in [7, 11) is 1.90. The van der Waals surface area contributed by atoms with Crippen molar-refractivity contribution in [3.8, 4) is 11.1 Å². The molecule has 160 valence electrons. The Morgan fingerprint density at radius 2 is 1.94 bits per heavy atom. The second-order valence-corrected chi connectivity index (χ2v) is 8.49. The normalized spacial score (nSPS) is 14.0. The van der Waals surface area contributed by atoms with Gasteiger partial charge in [-0.1, -0.05) is 18.2 Å². The van der Waals surface area contributed by atoms with E-state index in [0.717, 1.165) is 51.7 Å². The second-order valence-electron chi connectivity index (χ2n) is 8.49. The Balaban J connectivity index is 1.45. The van der Waals surface area contributed by atoms with E-state index in [9.17, 15) is 4.79 Å². The van der Waals surface area contributed by atoms with Crippen molar-refractivity contribution in [3.63, 3.8) is 0 Å². The van der Waals surface area contributed by atoms with Crippen LogP contribution >= 0.6 is 0 Å².